The molecule has 2 aliphatic rings. The van der Waals surface area contributed by atoms with Gasteiger partial charge in [-0.15, -0.1) is 0 Å². The highest BCUT2D eigenvalue weighted by Gasteiger charge is 2.45. The molecule has 0 spiro atoms. The van der Waals surface area contributed by atoms with Gasteiger partial charge in [0, 0.05) is 18.5 Å². The van der Waals surface area contributed by atoms with Gasteiger partial charge in [-0.05, 0) is 50.3 Å². The Bertz CT molecular complexity index is 488. The van der Waals surface area contributed by atoms with Gasteiger partial charge in [-0.3, -0.25) is 4.79 Å². The van der Waals surface area contributed by atoms with E-state index < -0.39 is 0 Å². The number of hydrogen-bond donors (Lipinski definition) is 2. The van der Waals surface area contributed by atoms with Gasteiger partial charge in [0.2, 0.25) is 5.91 Å². The van der Waals surface area contributed by atoms with E-state index in [0.717, 1.165) is 32.5 Å². The van der Waals surface area contributed by atoms with Crippen LogP contribution in [0, 0.1) is 12.8 Å². The van der Waals surface area contributed by atoms with E-state index >= 15 is 0 Å². The molecule has 1 saturated heterocycles. The maximum Gasteiger partial charge on any atom is 0.224 e. The monoisotopic (exact) mass is 272 g/mol. The van der Waals surface area contributed by atoms with Crippen LogP contribution in [-0.2, 0) is 10.2 Å². The van der Waals surface area contributed by atoms with Gasteiger partial charge in [0.15, 0.2) is 0 Å². The third-order valence-corrected chi connectivity index (χ3v) is 4.84. The van der Waals surface area contributed by atoms with Crippen molar-refractivity contribution in [2.75, 3.05) is 19.6 Å². The van der Waals surface area contributed by atoms with Crippen LogP contribution in [-0.4, -0.2) is 25.5 Å². The Hall–Kier alpha value is -1.35. The number of carbonyl (C=O) groups is 1. The Balaban J connectivity index is 1.60. The summed E-state index contributed by atoms with van der Waals surface area (Å²) in [5.41, 5.74) is 2.98. The van der Waals surface area contributed by atoms with Crippen molar-refractivity contribution in [1.29, 1.82) is 0 Å². The van der Waals surface area contributed by atoms with Crippen LogP contribution < -0.4 is 10.6 Å². The molecule has 3 rings (SSSR count). The van der Waals surface area contributed by atoms with Crippen molar-refractivity contribution in [1.82, 2.24) is 10.6 Å². The van der Waals surface area contributed by atoms with Gasteiger partial charge in [0.1, 0.15) is 0 Å². The molecular formula is C17H24N2O. The molecule has 1 amide bonds. The molecular weight excluding hydrogens is 248 g/mol. The Morgan fingerprint density at radius 3 is 2.85 bits per heavy atom. The van der Waals surface area contributed by atoms with E-state index in [1.807, 2.05) is 0 Å². The molecule has 1 heterocycles. The molecule has 0 bridgehead atoms. The number of carbonyl (C=O) groups excluding carboxylic acids is 1. The van der Waals surface area contributed by atoms with Gasteiger partial charge in [0.25, 0.3) is 0 Å². The van der Waals surface area contributed by atoms with E-state index in [2.05, 4.69) is 41.8 Å². The maximum atomic E-state index is 12.2. The summed E-state index contributed by atoms with van der Waals surface area (Å²) in [6.07, 6.45) is 4.53. The first kappa shape index (κ1) is 13.6. The fourth-order valence-corrected chi connectivity index (χ4v) is 3.34. The van der Waals surface area contributed by atoms with Crippen LogP contribution >= 0.6 is 0 Å². The molecule has 1 atom stereocenters. The highest BCUT2D eigenvalue weighted by Crippen LogP contribution is 2.48. The van der Waals surface area contributed by atoms with Gasteiger partial charge >= 0.3 is 0 Å². The summed E-state index contributed by atoms with van der Waals surface area (Å²) in [7, 11) is 0. The topological polar surface area (TPSA) is 41.1 Å². The smallest absolute Gasteiger partial charge is 0.224 e. The summed E-state index contributed by atoms with van der Waals surface area (Å²) in [5, 5.41) is 6.51. The molecule has 0 radical (unpaired) electrons. The third-order valence-electron chi connectivity index (χ3n) is 4.84. The molecule has 20 heavy (non-hydrogen) atoms. The van der Waals surface area contributed by atoms with Crippen molar-refractivity contribution in [3.05, 3.63) is 35.4 Å². The number of hydrogen-bond acceptors (Lipinski definition) is 2. The number of rotatable bonds is 4. The van der Waals surface area contributed by atoms with Crippen LogP contribution in [0.4, 0.5) is 0 Å². The van der Waals surface area contributed by atoms with E-state index in [1.54, 1.807) is 0 Å². The number of nitrogens with one attached hydrogen (secondary N) is 2. The van der Waals surface area contributed by atoms with E-state index in [4.69, 9.17) is 0 Å². The first-order valence-corrected chi connectivity index (χ1v) is 7.76. The average Bonchev–Trinajstić information content (AvgIpc) is 3.27. The fraction of sp³-hybridized carbons (Fsp3) is 0.588. The minimum Gasteiger partial charge on any atom is -0.355 e. The molecule has 1 aromatic carbocycles. The summed E-state index contributed by atoms with van der Waals surface area (Å²) >= 11 is 0. The second-order valence-electron chi connectivity index (χ2n) is 6.36. The lowest BCUT2D eigenvalue weighted by Gasteiger charge is -2.24. The summed E-state index contributed by atoms with van der Waals surface area (Å²) in [4.78, 5) is 12.2. The Morgan fingerprint density at radius 1 is 1.40 bits per heavy atom. The molecule has 2 fully saturated rings. The lowest BCUT2D eigenvalue weighted by Crippen LogP contribution is -2.42. The SMILES string of the molecule is Cc1ccccc1C1(CNC(=O)C2CCCNC2)CC1. The van der Waals surface area contributed by atoms with Crippen LogP contribution in [0.2, 0.25) is 0 Å². The number of benzene rings is 1. The van der Waals surface area contributed by atoms with Gasteiger partial charge < -0.3 is 10.6 Å². The zero-order valence-electron chi connectivity index (χ0n) is 12.2. The lowest BCUT2D eigenvalue weighted by atomic mass is 9.91. The predicted octanol–water partition coefficient (Wildman–Crippen LogP) is 2.14. The van der Waals surface area contributed by atoms with Crippen molar-refractivity contribution in [3.63, 3.8) is 0 Å². The molecule has 3 nitrogen and oxygen atoms in total. The van der Waals surface area contributed by atoms with Crippen LogP contribution in [0.3, 0.4) is 0 Å². The van der Waals surface area contributed by atoms with Crippen molar-refractivity contribution in [3.8, 4) is 0 Å². The van der Waals surface area contributed by atoms with Crippen LogP contribution in [0.25, 0.3) is 0 Å². The quantitative estimate of drug-likeness (QED) is 0.881. The summed E-state index contributed by atoms with van der Waals surface area (Å²) in [6.45, 7) is 4.86. The highest BCUT2D eigenvalue weighted by atomic mass is 16.1. The second kappa shape index (κ2) is 5.57. The number of amides is 1. The molecule has 3 heteroatoms. The largest absolute Gasteiger partial charge is 0.355 e. The minimum absolute atomic E-state index is 0.163. The summed E-state index contributed by atoms with van der Waals surface area (Å²) in [5.74, 6) is 0.397. The van der Waals surface area contributed by atoms with Crippen molar-refractivity contribution >= 4 is 5.91 Å². The molecule has 1 aromatic rings. The summed E-state index contributed by atoms with van der Waals surface area (Å²) < 4.78 is 0. The maximum absolute atomic E-state index is 12.2. The van der Waals surface area contributed by atoms with Crippen LogP contribution in [0.15, 0.2) is 24.3 Å². The molecule has 1 aliphatic heterocycles. The van der Waals surface area contributed by atoms with Crippen molar-refractivity contribution < 1.29 is 4.79 Å². The van der Waals surface area contributed by atoms with Crippen LogP contribution in [0.5, 0.6) is 0 Å². The standard InChI is InChI=1S/C17H24N2O/c1-13-5-2-3-7-15(13)17(8-9-17)12-19-16(20)14-6-4-10-18-11-14/h2-3,5,7,14,18H,4,6,8-12H2,1H3,(H,19,20). The Labute approximate surface area is 121 Å². The number of aryl methyl sites for hydroxylation is 1. The van der Waals surface area contributed by atoms with Crippen LogP contribution in [0.1, 0.15) is 36.8 Å². The molecule has 1 aliphatic carbocycles. The van der Waals surface area contributed by atoms with E-state index in [9.17, 15) is 4.79 Å². The minimum atomic E-state index is 0.163. The third kappa shape index (κ3) is 2.73. The molecule has 1 unspecified atom stereocenters. The van der Waals surface area contributed by atoms with E-state index in [1.165, 1.54) is 24.0 Å². The van der Waals surface area contributed by atoms with Gasteiger partial charge in [-0.25, -0.2) is 0 Å². The predicted molar refractivity (Wildman–Crippen MR) is 80.7 cm³/mol. The normalized spacial score (nSPS) is 24.1. The average molecular weight is 272 g/mol. The lowest BCUT2D eigenvalue weighted by molar-refractivity contribution is -0.125. The highest BCUT2D eigenvalue weighted by molar-refractivity contribution is 5.79. The fourth-order valence-electron chi connectivity index (χ4n) is 3.34. The van der Waals surface area contributed by atoms with Gasteiger partial charge in [-0.2, -0.15) is 0 Å². The Morgan fingerprint density at radius 2 is 2.20 bits per heavy atom. The number of piperidine rings is 1. The van der Waals surface area contributed by atoms with Crippen molar-refractivity contribution in [2.24, 2.45) is 5.92 Å². The van der Waals surface area contributed by atoms with E-state index in [0.29, 0.717) is 0 Å². The van der Waals surface area contributed by atoms with E-state index in [-0.39, 0.29) is 17.2 Å². The zero-order chi connectivity index (χ0) is 14.0. The van der Waals surface area contributed by atoms with Gasteiger partial charge in [0.05, 0.1) is 5.92 Å². The first-order valence-electron chi connectivity index (χ1n) is 7.76. The molecule has 0 aromatic heterocycles. The Kier molecular flexibility index (Phi) is 3.79. The summed E-state index contributed by atoms with van der Waals surface area (Å²) in [6, 6.07) is 8.58. The van der Waals surface area contributed by atoms with Crippen molar-refractivity contribution in [2.45, 2.75) is 38.0 Å². The molecule has 1 saturated carbocycles. The first-order chi connectivity index (χ1) is 9.71. The zero-order valence-corrected chi connectivity index (χ0v) is 12.2. The molecule has 2 N–H and O–H groups in total. The second-order valence-corrected chi connectivity index (χ2v) is 6.36. The molecule has 108 valence electrons. The van der Waals surface area contributed by atoms with Gasteiger partial charge in [-0.1, -0.05) is 24.3 Å².